The highest BCUT2D eigenvalue weighted by Gasteiger charge is 2.33. The molecule has 1 saturated heterocycles. The van der Waals surface area contributed by atoms with E-state index in [9.17, 15) is 12.8 Å². The average molecular weight is 320 g/mol. The normalized spacial score (nSPS) is 20.8. The maximum Gasteiger partial charge on any atom is 0.243 e. The van der Waals surface area contributed by atoms with Crippen LogP contribution in [0.4, 0.5) is 4.39 Å². The molecule has 0 radical (unpaired) electrons. The molecule has 1 aromatic carbocycles. The SMILES string of the molecule is CC(C)C1CCN(S(=O)(=O)c2ccc(F)c(CCl)c2)C1. The third kappa shape index (κ3) is 3.00. The molecule has 1 heterocycles. The lowest BCUT2D eigenvalue weighted by atomic mass is 9.96. The number of hydrogen-bond donors (Lipinski definition) is 0. The highest BCUT2D eigenvalue weighted by molar-refractivity contribution is 7.89. The fraction of sp³-hybridized carbons (Fsp3) is 0.571. The van der Waals surface area contributed by atoms with Crippen molar-refractivity contribution in [3.05, 3.63) is 29.6 Å². The van der Waals surface area contributed by atoms with Crippen LogP contribution < -0.4 is 0 Å². The van der Waals surface area contributed by atoms with Crippen molar-refractivity contribution < 1.29 is 12.8 Å². The minimum atomic E-state index is -3.55. The Labute approximate surface area is 124 Å². The summed E-state index contributed by atoms with van der Waals surface area (Å²) in [7, 11) is -3.55. The first kappa shape index (κ1) is 15.7. The molecule has 1 atom stereocenters. The van der Waals surface area contributed by atoms with Gasteiger partial charge in [0, 0.05) is 18.7 Å². The van der Waals surface area contributed by atoms with Crippen LogP contribution in [0.1, 0.15) is 25.8 Å². The van der Waals surface area contributed by atoms with Gasteiger partial charge >= 0.3 is 0 Å². The molecular formula is C14H19ClFNO2S. The summed E-state index contributed by atoms with van der Waals surface area (Å²) in [6, 6.07) is 3.81. The first-order chi connectivity index (χ1) is 9.36. The van der Waals surface area contributed by atoms with Crippen molar-refractivity contribution in [3.8, 4) is 0 Å². The number of sulfonamides is 1. The van der Waals surface area contributed by atoms with E-state index in [0.717, 1.165) is 6.42 Å². The molecule has 2 rings (SSSR count). The van der Waals surface area contributed by atoms with Crippen LogP contribution in [0.5, 0.6) is 0 Å². The van der Waals surface area contributed by atoms with Gasteiger partial charge in [0.25, 0.3) is 0 Å². The van der Waals surface area contributed by atoms with Crippen LogP contribution in [-0.2, 0) is 15.9 Å². The van der Waals surface area contributed by atoms with Gasteiger partial charge in [0.1, 0.15) is 5.82 Å². The van der Waals surface area contributed by atoms with E-state index in [-0.39, 0.29) is 16.3 Å². The molecule has 1 aliphatic rings. The summed E-state index contributed by atoms with van der Waals surface area (Å²) in [6.07, 6.45) is 0.875. The van der Waals surface area contributed by atoms with Crippen LogP contribution in [0.25, 0.3) is 0 Å². The van der Waals surface area contributed by atoms with Crippen molar-refractivity contribution in [3.63, 3.8) is 0 Å². The summed E-state index contributed by atoms with van der Waals surface area (Å²) in [4.78, 5) is 0.124. The molecule has 0 N–H and O–H groups in total. The molecule has 0 bridgehead atoms. The van der Waals surface area contributed by atoms with E-state index in [4.69, 9.17) is 11.6 Å². The standard InChI is InChI=1S/C14H19ClFNO2S/c1-10(2)11-5-6-17(9-11)20(18,19)13-3-4-14(16)12(7-13)8-15/h3-4,7,10-11H,5-6,8-9H2,1-2H3. The molecule has 0 aromatic heterocycles. The molecule has 0 aliphatic carbocycles. The van der Waals surface area contributed by atoms with Gasteiger partial charge in [-0.15, -0.1) is 11.6 Å². The third-order valence-electron chi connectivity index (χ3n) is 3.93. The maximum atomic E-state index is 13.4. The van der Waals surface area contributed by atoms with E-state index in [1.165, 1.54) is 22.5 Å². The van der Waals surface area contributed by atoms with Gasteiger partial charge in [-0.05, 0) is 36.5 Å². The molecule has 112 valence electrons. The van der Waals surface area contributed by atoms with Gasteiger partial charge in [0.15, 0.2) is 0 Å². The first-order valence-corrected chi connectivity index (χ1v) is 8.68. The van der Waals surface area contributed by atoms with E-state index in [0.29, 0.717) is 24.9 Å². The largest absolute Gasteiger partial charge is 0.243 e. The van der Waals surface area contributed by atoms with Crippen molar-refractivity contribution >= 4 is 21.6 Å². The van der Waals surface area contributed by atoms with E-state index in [1.807, 2.05) is 0 Å². The minimum Gasteiger partial charge on any atom is -0.207 e. The third-order valence-corrected chi connectivity index (χ3v) is 6.08. The molecule has 0 spiro atoms. The van der Waals surface area contributed by atoms with E-state index in [2.05, 4.69) is 13.8 Å². The Hall–Kier alpha value is -0.650. The van der Waals surface area contributed by atoms with Gasteiger partial charge in [0.05, 0.1) is 10.8 Å². The molecule has 0 amide bonds. The average Bonchev–Trinajstić information content (AvgIpc) is 2.89. The first-order valence-electron chi connectivity index (χ1n) is 6.70. The smallest absolute Gasteiger partial charge is 0.207 e. The Balaban J connectivity index is 2.27. The highest BCUT2D eigenvalue weighted by Crippen LogP contribution is 2.29. The number of nitrogens with zero attached hydrogens (tertiary/aromatic N) is 1. The molecule has 20 heavy (non-hydrogen) atoms. The summed E-state index contributed by atoms with van der Waals surface area (Å²) in [5.41, 5.74) is 0.215. The van der Waals surface area contributed by atoms with Crippen molar-refractivity contribution in [2.45, 2.75) is 31.0 Å². The molecule has 3 nitrogen and oxygen atoms in total. The van der Waals surface area contributed by atoms with Gasteiger partial charge in [0.2, 0.25) is 10.0 Å². The number of benzene rings is 1. The molecule has 1 unspecified atom stereocenters. The number of hydrogen-bond acceptors (Lipinski definition) is 2. The van der Waals surface area contributed by atoms with Crippen molar-refractivity contribution in [2.24, 2.45) is 11.8 Å². The van der Waals surface area contributed by atoms with Crippen molar-refractivity contribution in [1.82, 2.24) is 4.31 Å². The Bertz CT molecular complexity index is 589. The molecule has 1 aromatic rings. The quantitative estimate of drug-likeness (QED) is 0.799. The van der Waals surface area contributed by atoms with Gasteiger partial charge in [-0.3, -0.25) is 0 Å². The second kappa shape index (κ2) is 6.00. The topological polar surface area (TPSA) is 37.4 Å². The molecule has 0 saturated carbocycles. The lowest BCUT2D eigenvalue weighted by molar-refractivity contribution is 0.388. The Morgan fingerprint density at radius 2 is 2.15 bits per heavy atom. The number of alkyl halides is 1. The van der Waals surface area contributed by atoms with Crippen molar-refractivity contribution in [1.29, 1.82) is 0 Å². The van der Waals surface area contributed by atoms with E-state index < -0.39 is 15.8 Å². The van der Waals surface area contributed by atoms with E-state index in [1.54, 1.807) is 0 Å². The van der Waals surface area contributed by atoms with E-state index >= 15 is 0 Å². The fourth-order valence-corrected chi connectivity index (χ4v) is 4.25. The van der Waals surface area contributed by atoms with Crippen LogP contribution in [0.3, 0.4) is 0 Å². The van der Waals surface area contributed by atoms with Gasteiger partial charge in [-0.25, -0.2) is 12.8 Å². The lowest BCUT2D eigenvalue weighted by Crippen LogP contribution is -2.29. The summed E-state index contributed by atoms with van der Waals surface area (Å²) >= 11 is 5.63. The summed E-state index contributed by atoms with van der Waals surface area (Å²) in [5.74, 6) is 0.337. The van der Waals surface area contributed by atoms with Crippen molar-refractivity contribution in [2.75, 3.05) is 13.1 Å². The zero-order chi connectivity index (χ0) is 14.9. The maximum absolute atomic E-state index is 13.4. The summed E-state index contributed by atoms with van der Waals surface area (Å²) in [5, 5.41) is 0. The zero-order valence-electron chi connectivity index (χ0n) is 11.6. The highest BCUT2D eigenvalue weighted by atomic mass is 35.5. The predicted molar refractivity (Wildman–Crippen MR) is 77.7 cm³/mol. The Morgan fingerprint density at radius 1 is 1.45 bits per heavy atom. The lowest BCUT2D eigenvalue weighted by Gasteiger charge is -2.18. The molecular weight excluding hydrogens is 301 g/mol. The minimum absolute atomic E-state index is 0.0379. The monoisotopic (exact) mass is 319 g/mol. The second-order valence-electron chi connectivity index (χ2n) is 5.54. The molecule has 6 heteroatoms. The van der Waals surface area contributed by atoms with Crippen LogP contribution >= 0.6 is 11.6 Å². The Morgan fingerprint density at radius 3 is 2.70 bits per heavy atom. The Kier molecular flexibility index (Phi) is 4.72. The van der Waals surface area contributed by atoms with Gasteiger partial charge in [-0.2, -0.15) is 4.31 Å². The predicted octanol–water partition coefficient (Wildman–Crippen LogP) is 3.23. The summed E-state index contributed by atoms with van der Waals surface area (Å²) < 4.78 is 40.0. The number of rotatable bonds is 4. The van der Waals surface area contributed by atoms with Crippen LogP contribution in [0, 0.1) is 17.7 Å². The van der Waals surface area contributed by atoms with Crippen LogP contribution in [0.15, 0.2) is 23.1 Å². The second-order valence-corrected chi connectivity index (χ2v) is 7.75. The molecule has 1 fully saturated rings. The van der Waals surface area contributed by atoms with Gasteiger partial charge < -0.3 is 0 Å². The van der Waals surface area contributed by atoms with Gasteiger partial charge in [-0.1, -0.05) is 13.8 Å². The fourth-order valence-electron chi connectivity index (χ4n) is 2.48. The molecule has 1 aliphatic heterocycles. The van der Waals surface area contributed by atoms with Crippen LogP contribution in [0.2, 0.25) is 0 Å². The zero-order valence-corrected chi connectivity index (χ0v) is 13.2. The summed E-state index contributed by atoms with van der Waals surface area (Å²) in [6.45, 7) is 5.26. The number of halogens is 2. The van der Waals surface area contributed by atoms with Crippen LogP contribution in [-0.4, -0.2) is 25.8 Å².